The van der Waals surface area contributed by atoms with Crippen molar-refractivity contribution in [3.63, 3.8) is 0 Å². The number of benzene rings is 1. The summed E-state index contributed by atoms with van der Waals surface area (Å²) >= 11 is 0. The quantitative estimate of drug-likeness (QED) is 0.703. The molecule has 2 N–H and O–H groups in total. The predicted octanol–water partition coefficient (Wildman–Crippen LogP) is 2.99. The second kappa shape index (κ2) is 3.59. The lowest BCUT2D eigenvalue weighted by Gasteiger charge is -1.97. The molecule has 0 aliphatic heterocycles. The van der Waals surface area contributed by atoms with E-state index in [9.17, 15) is 0 Å². The van der Waals surface area contributed by atoms with Crippen molar-refractivity contribution in [1.29, 1.82) is 0 Å². The van der Waals surface area contributed by atoms with Crippen LogP contribution in [0.2, 0.25) is 0 Å². The molecule has 0 radical (unpaired) electrons. The minimum Gasteiger partial charge on any atom is -0.337 e. The summed E-state index contributed by atoms with van der Waals surface area (Å²) < 4.78 is 0. The summed E-state index contributed by atoms with van der Waals surface area (Å²) in [5.41, 5.74) is 4.81. The summed E-state index contributed by atoms with van der Waals surface area (Å²) in [7, 11) is 0. The Bertz CT molecular complexity index is 657. The van der Waals surface area contributed by atoms with Crippen LogP contribution in [0.1, 0.15) is 12.5 Å². The zero-order valence-corrected chi connectivity index (χ0v) is 9.49. The van der Waals surface area contributed by atoms with Crippen LogP contribution >= 0.6 is 0 Å². The molecular weight excluding hydrogens is 212 g/mol. The summed E-state index contributed by atoms with van der Waals surface area (Å²) in [6.07, 6.45) is 1.77. The summed E-state index contributed by atoms with van der Waals surface area (Å²) in [6.45, 7) is 5.89. The molecule has 3 rings (SSSR count). The van der Waals surface area contributed by atoms with E-state index in [1.54, 1.807) is 6.20 Å². The Morgan fingerprint density at radius 2 is 2.12 bits per heavy atom. The van der Waals surface area contributed by atoms with Crippen LogP contribution in [0.25, 0.3) is 28.1 Å². The van der Waals surface area contributed by atoms with Gasteiger partial charge in [-0.2, -0.15) is 5.10 Å². The highest BCUT2D eigenvalue weighted by Gasteiger charge is 2.11. The first-order chi connectivity index (χ1) is 8.25. The van der Waals surface area contributed by atoms with E-state index in [2.05, 4.69) is 26.7 Å². The van der Waals surface area contributed by atoms with E-state index in [1.807, 2.05) is 31.2 Å². The van der Waals surface area contributed by atoms with E-state index >= 15 is 0 Å². The van der Waals surface area contributed by atoms with Crippen LogP contribution in [0.5, 0.6) is 0 Å². The number of nitrogens with zero attached hydrogens (tertiary/aromatic N) is 2. The minimum absolute atomic E-state index is 0.793. The van der Waals surface area contributed by atoms with Crippen LogP contribution in [0.15, 0.2) is 37.0 Å². The number of hydrogen-bond donors (Lipinski definition) is 2. The van der Waals surface area contributed by atoms with Gasteiger partial charge in [0, 0.05) is 5.56 Å². The topological polar surface area (TPSA) is 57.4 Å². The fraction of sp³-hybridized carbons (Fsp3) is 0.0769. The first-order valence-electron chi connectivity index (χ1n) is 5.40. The maximum Gasteiger partial charge on any atom is 0.157 e. The Morgan fingerprint density at radius 1 is 1.29 bits per heavy atom. The van der Waals surface area contributed by atoms with Gasteiger partial charge in [-0.1, -0.05) is 18.7 Å². The Labute approximate surface area is 98.4 Å². The molecule has 84 valence electrons. The van der Waals surface area contributed by atoms with Crippen LogP contribution in [0.3, 0.4) is 0 Å². The third-order valence-corrected chi connectivity index (χ3v) is 2.73. The van der Waals surface area contributed by atoms with Gasteiger partial charge >= 0.3 is 0 Å². The second-order valence-electron chi connectivity index (χ2n) is 4.04. The molecule has 0 fully saturated rings. The first kappa shape index (κ1) is 9.84. The monoisotopic (exact) mass is 224 g/mol. The van der Waals surface area contributed by atoms with E-state index in [4.69, 9.17) is 0 Å². The van der Waals surface area contributed by atoms with Gasteiger partial charge < -0.3 is 4.98 Å². The number of aromatic nitrogens is 4. The predicted molar refractivity (Wildman–Crippen MR) is 68.4 cm³/mol. The Hall–Kier alpha value is -2.36. The van der Waals surface area contributed by atoms with Crippen LogP contribution < -0.4 is 0 Å². The summed E-state index contributed by atoms with van der Waals surface area (Å²) in [4.78, 5) is 7.80. The Kier molecular flexibility index (Phi) is 2.08. The van der Waals surface area contributed by atoms with Gasteiger partial charge in [0.05, 0.1) is 17.2 Å². The molecule has 1 aromatic carbocycles. The molecule has 0 unspecified atom stereocenters. The van der Waals surface area contributed by atoms with Crippen molar-refractivity contribution < 1.29 is 0 Å². The standard InChI is InChI=1S/C13H12N4/c1-8(2)9-7-14-17-12(9)13-15-10-5-3-4-6-11(10)16-13/h3-7H,1H2,2H3,(H,14,17)(H,15,16). The van der Waals surface area contributed by atoms with Crippen molar-refractivity contribution in [3.05, 3.63) is 42.6 Å². The largest absolute Gasteiger partial charge is 0.337 e. The fourth-order valence-corrected chi connectivity index (χ4v) is 1.86. The average Bonchev–Trinajstić information content (AvgIpc) is 2.95. The number of rotatable bonds is 2. The van der Waals surface area contributed by atoms with Crippen molar-refractivity contribution in [2.24, 2.45) is 0 Å². The highest BCUT2D eigenvalue weighted by atomic mass is 15.1. The number of fused-ring (bicyclic) bond motifs is 1. The summed E-state index contributed by atoms with van der Waals surface area (Å²) in [5.74, 6) is 0.793. The molecule has 0 aliphatic carbocycles. The molecule has 0 saturated carbocycles. The van der Waals surface area contributed by atoms with Crippen molar-refractivity contribution in [2.75, 3.05) is 0 Å². The Morgan fingerprint density at radius 3 is 2.88 bits per heavy atom. The van der Waals surface area contributed by atoms with E-state index in [0.29, 0.717) is 0 Å². The second-order valence-corrected chi connectivity index (χ2v) is 4.04. The van der Waals surface area contributed by atoms with E-state index in [0.717, 1.165) is 33.7 Å². The molecule has 0 saturated heterocycles. The van der Waals surface area contributed by atoms with Crippen molar-refractivity contribution in [2.45, 2.75) is 6.92 Å². The molecule has 3 aromatic rings. The Balaban J connectivity index is 2.20. The molecular formula is C13H12N4. The van der Waals surface area contributed by atoms with Gasteiger partial charge in [-0.05, 0) is 24.6 Å². The third-order valence-electron chi connectivity index (χ3n) is 2.73. The van der Waals surface area contributed by atoms with Gasteiger partial charge in [-0.15, -0.1) is 0 Å². The normalized spacial score (nSPS) is 10.9. The number of para-hydroxylation sites is 2. The number of imidazole rings is 1. The molecule has 2 heterocycles. The third kappa shape index (κ3) is 1.54. The number of allylic oxidation sites excluding steroid dienone is 1. The minimum atomic E-state index is 0.793. The maximum absolute atomic E-state index is 4.53. The number of nitrogens with one attached hydrogen (secondary N) is 2. The smallest absolute Gasteiger partial charge is 0.157 e. The molecule has 0 aliphatic rings. The molecule has 17 heavy (non-hydrogen) atoms. The van der Waals surface area contributed by atoms with Crippen molar-refractivity contribution in [1.82, 2.24) is 20.2 Å². The zero-order chi connectivity index (χ0) is 11.8. The fourth-order valence-electron chi connectivity index (χ4n) is 1.86. The molecule has 0 atom stereocenters. The van der Waals surface area contributed by atoms with E-state index in [-0.39, 0.29) is 0 Å². The highest BCUT2D eigenvalue weighted by Crippen LogP contribution is 2.25. The molecule has 0 amide bonds. The number of H-pyrrole nitrogens is 2. The summed E-state index contributed by atoms with van der Waals surface area (Å²) in [5, 5.41) is 7.00. The van der Waals surface area contributed by atoms with Crippen LogP contribution in [0, 0.1) is 0 Å². The van der Waals surface area contributed by atoms with Gasteiger partial charge in [0.15, 0.2) is 5.82 Å². The van der Waals surface area contributed by atoms with E-state index < -0.39 is 0 Å². The van der Waals surface area contributed by atoms with Crippen LogP contribution in [-0.2, 0) is 0 Å². The lowest BCUT2D eigenvalue weighted by Crippen LogP contribution is -1.85. The van der Waals surface area contributed by atoms with Gasteiger partial charge in [0.25, 0.3) is 0 Å². The molecule has 4 heteroatoms. The summed E-state index contributed by atoms with van der Waals surface area (Å²) in [6, 6.07) is 7.94. The SMILES string of the molecule is C=C(C)c1cn[nH]c1-c1nc2ccccc2[nH]1. The molecule has 2 aromatic heterocycles. The molecule has 4 nitrogen and oxygen atoms in total. The van der Waals surface area contributed by atoms with Gasteiger partial charge in [-0.25, -0.2) is 4.98 Å². The van der Waals surface area contributed by atoms with Gasteiger partial charge in [0.1, 0.15) is 5.69 Å². The lowest BCUT2D eigenvalue weighted by molar-refractivity contribution is 1.08. The number of aromatic amines is 2. The zero-order valence-electron chi connectivity index (χ0n) is 9.49. The maximum atomic E-state index is 4.53. The highest BCUT2D eigenvalue weighted by molar-refractivity contribution is 5.81. The average molecular weight is 224 g/mol. The van der Waals surface area contributed by atoms with Crippen molar-refractivity contribution in [3.8, 4) is 11.5 Å². The van der Waals surface area contributed by atoms with Crippen LogP contribution in [-0.4, -0.2) is 20.2 Å². The number of hydrogen-bond acceptors (Lipinski definition) is 2. The van der Waals surface area contributed by atoms with Gasteiger partial charge in [0.2, 0.25) is 0 Å². The molecule has 0 spiro atoms. The molecule has 0 bridgehead atoms. The van der Waals surface area contributed by atoms with Crippen LogP contribution in [0.4, 0.5) is 0 Å². The lowest BCUT2D eigenvalue weighted by atomic mass is 10.1. The first-order valence-corrected chi connectivity index (χ1v) is 5.40. The van der Waals surface area contributed by atoms with E-state index in [1.165, 1.54) is 0 Å². The van der Waals surface area contributed by atoms with Crippen molar-refractivity contribution >= 4 is 16.6 Å². The van der Waals surface area contributed by atoms with Gasteiger partial charge in [-0.3, -0.25) is 5.10 Å².